The van der Waals surface area contributed by atoms with Crippen LogP contribution in [0.15, 0.2) is 23.4 Å². The predicted octanol–water partition coefficient (Wildman–Crippen LogP) is 2.69. The molecule has 0 aliphatic heterocycles. The average molecular weight is 324 g/mol. The minimum Gasteiger partial charge on any atom is -0.297 e. The Morgan fingerprint density at radius 1 is 1.37 bits per heavy atom. The highest BCUT2D eigenvalue weighted by molar-refractivity contribution is 8.13. The van der Waals surface area contributed by atoms with Crippen molar-refractivity contribution in [2.75, 3.05) is 0 Å². The first-order valence-electron chi connectivity index (χ1n) is 5.18. The van der Waals surface area contributed by atoms with Crippen LogP contribution in [0.1, 0.15) is 6.92 Å². The summed E-state index contributed by atoms with van der Waals surface area (Å²) in [6.45, 7) is 1.89. The van der Waals surface area contributed by atoms with Gasteiger partial charge < -0.3 is 0 Å². The zero-order valence-electron chi connectivity index (χ0n) is 9.64. The van der Waals surface area contributed by atoms with E-state index in [-0.39, 0.29) is 17.9 Å². The van der Waals surface area contributed by atoms with Gasteiger partial charge >= 0.3 is 0 Å². The fraction of sp³-hybridized carbons (Fsp3) is 0.200. The van der Waals surface area contributed by atoms with E-state index >= 15 is 0 Å². The summed E-state index contributed by atoms with van der Waals surface area (Å²) in [5, 5.41) is 7.04. The molecule has 0 radical (unpaired) electrons. The number of hydrogen-bond acceptors (Lipinski definition) is 4. The first-order chi connectivity index (χ1) is 8.84. The van der Waals surface area contributed by atoms with Gasteiger partial charge in [-0.2, -0.15) is 0 Å². The van der Waals surface area contributed by atoms with E-state index in [2.05, 4.69) is 10.2 Å². The van der Waals surface area contributed by atoms with Gasteiger partial charge in [-0.1, -0.05) is 11.6 Å². The van der Waals surface area contributed by atoms with E-state index in [1.54, 1.807) is 6.92 Å². The average Bonchev–Trinajstić information content (AvgIpc) is 2.75. The highest BCUT2D eigenvalue weighted by atomic mass is 35.7. The number of hydrogen-bond donors (Lipinski definition) is 0. The summed E-state index contributed by atoms with van der Waals surface area (Å²) >= 11 is 5.79. The molecular weight excluding hydrogens is 316 g/mol. The molecule has 9 heteroatoms. The van der Waals surface area contributed by atoms with Crippen molar-refractivity contribution in [1.82, 2.24) is 14.8 Å². The van der Waals surface area contributed by atoms with E-state index in [9.17, 15) is 12.8 Å². The number of rotatable bonds is 3. The van der Waals surface area contributed by atoms with Crippen LogP contribution >= 0.6 is 22.3 Å². The van der Waals surface area contributed by atoms with E-state index in [0.29, 0.717) is 5.02 Å². The van der Waals surface area contributed by atoms with Crippen LogP contribution in [-0.4, -0.2) is 23.2 Å². The Morgan fingerprint density at radius 3 is 2.63 bits per heavy atom. The molecule has 0 amide bonds. The highest BCUT2D eigenvalue weighted by Crippen LogP contribution is 2.27. The normalized spacial score (nSPS) is 11.8. The first-order valence-corrected chi connectivity index (χ1v) is 7.86. The molecule has 19 heavy (non-hydrogen) atoms. The molecule has 1 aromatic heterocycles. The number of aromatic nitrogens is 3. The van der Waals surface area contributed by atoms with Crippen molar-refractivity contribution in [2.45, 2.75) is 18.6 Å². The molecule has 2 rings (SSSR count). The monoisotopic (exact) mass is 323 g/mol. The van der Waals surface area contributed by atoms with Crippen molar-refractivity contribution in [3.8, 4) is 11.4 Å². The third-order valence-corrected chi connectivity index (χ3v) is 3.81. The molecule has 2 aromatic rings. The van der Waals surface area contributed by atoms with Crippen molar-refractivity contribution in [3.63, 3.8) is 0 Å². The molecule has 0 fully saturated rings. The lowest BCUT2D eigenvalue weighted by Crippen LogP contribution is -2.06. The molecule has 0 aliphatic rings. The highest BCUT2D eigenvalue weighted by Gasteiger charge is 2.23. The maximum atomic E-state index is 13.8. The van der Waals surface area contributed by atoms with E-state index in [1.165, 1.54) is 22.8 Å². The minimum absolute atomic E-state index is 0.0572. The third kappa shape index (κ3) is 2.72. The Balaban J connectivity index is 2.70. The van der Waals surface area contributed by atoms with Crippen molar-refractivity contribution >= 4 is 31.3 Å². The minimum atomic E-state index is -4.05. The zero-order valence-corrected chi connectivity index (χ0v) is 12.0. The van der Waals surface area contributed by atoms with Gasteiger partial charge in [0.15, 0.2) is 5.82 Å². The number of nitrogens with zero attached hydrogens (tertiary/aromatic N) is 3. The first kappa shape index (κ1) is 14.2. The topological polar surface area (TPSA) is 64.8 Å². The van der Waals surface area contributed by atoms with Gasteiger partial charge in [-0.05, 0) is 25.1 Å². The van der Waals surface area contributed by atoms with Gasteiger partial charge in [0, 0.05) is 22.2 Å². The molecule has 0 unspecified atom stereocenters. The summed E-state index contributed by atoms with van der Waals surface area (Å²) in [5.41, 5.74) is 0.0633. The van der Waals surface area contributed by atoms with Crippen LogP contribution in [0.5, 0.6) is 0 Å². The van der Waals surface area contributed by atoms with Crippen LogP contribution in [0.4, 0.5) is 4.39 Å². The van der Waals surface area contributed by atoms with E-state index in [0.717, 1.165) is 0 Å². The van der Waals surface area contributed by atoms with Crippen LogP contribution in [0.25, 0.3) is 11.4 Å². The van der Waals surface area contributed by atoms with Crippen molar-refractivity contribution in [1.29, 1.82) is 0 Å². The molecule has 0 saturated heterocycles. The van der Waals surface area contributed by atoms with Crippen LogP contribution in [0.2, 0.25) is 5.02 Å². The van der Waals surface area contributed by atoms with E-state index < -0.39 is 20.0 Å². The van der Waals surface area contributed by atoms with Crippen molar-refractivity contribution in [2.24, 2.45) is 0 Å². The van der Waals surface area contributed by atoms with Crippen LogP contribution in [0.3, 0.4) is 0 Å². The van der Waals surface area contributed by atoms with Gasteiger partial charge in [0.25, 0.3) is 14.2 Å². The Morgan fingerprint density at radius 2 is 2.05 bits per heavy atom. The zero-order chi connectivity index (χ0) is 14.2. The van der Waals surface area contributed by atoms with Gasteiger partial charge in [0.2, 0.25) is 0 Å². The molecule has 0 saturated carbocycles. The third-order valence-electron chi connectivity index (χ3n) is 2.42. The molecule has 102 valence electrons. The molecule has 0 aliphatic carbocycles. The Labute approximate surface area is 118 Å². The largest absolute Gasteiger partial charge is 0.297 e. The second kappa shape index (κ2) is 5.07. The number of halogens is 3. The van der Waals surface area contributed by atoms with Crippen molar-refractivity contribution < 1.29 is 12.8 Å². The molecule has 1 heterocycles. The Kier molecular flexibility index (Phi) is 3.80. The summed E-state index contributed by atoms with van der Waals surface area (Å²) in [6, 6.07) is 3.89. The van der Waals surface area contributed by atoms with Gasteiger partial charge in [-0.15, -0.1) is 10.2 Å². The molecule has 0 bridgehead atoms. The van der Waals surface area contributed by atoms with Gasteiger partial charge in [0.1, 0.15) is 5.82 Å². The lowest BCUT2D eigenvalue weighted by Gasteiger charge is -2.06. The summed E-state index contributed by atoms with van der Waals surface area (Å²) in [5.74, 6) is -0.522. The second-order valence-corrected chi connectivity index (χ2v) is 6.51. The standard InChI is InChI=1S/C10H8Cl2FN3O2S/c1-2-16-9(14-15-10(16)19(12,17)18)7-5-6(11)3-4-8(7)13/h3-5H,2H2,1H3. The fourth-order valence-corrected chi connectivity index (χ4v) is 2.75. The SMILES string of the molecule is CCn1c(-c2cc(Cl)ccc2F)nnc1S(=O)(=O)Cl. The smallest absolute Gasteiger partial charge is 0.296 e. The molecular formula is C10H8Cl2FN3O2S. The van der Waals surface area contributed by atoms with Gasteiger partial charge in [-0.25, -0.2) is 12.8 Å². The van der Waals surface area contributed by atoms with Gasteiger partial charge in [-0.3, -0.25) is 4.57 Å². The van der Waals surface area contributed by atoms with Gasteiger partial charge in [0.05, 0.1) is 5.56 Å². The molecule has 0 spiro atoms. The molecule has 0 N–H and O–H groups in total. The maximum Gasteiger partial charge on any atom is 0.296 e. The Bertz CT molecular complexity index is 730. The van der Waals surface area contributed by atoms with Crippen LogP contribution < -0.4 is 0 Å². The number of benzene rings is 1. The summed E-state index contributed by atoms with van der Waals surface area (Å²) in [4.78, 5) is 0. The second-order valence-electron chi connectivity index (χ2n) is 3.61. The summed E-state index contributed by atoms with van der Waals surface area (Å²) in [7, 11) is 1.19. The van der Waals surface area contributed by atoms with Crippen molar-refractivity contribution in [3.05, 3.63) is 29.0 Å². The lowest BCUT2D eigenvalue weighted by molar-refractivity contribution is 0.581. The quantitative estimate of drug-likeness (QED) is 0.814. The fourth-order valence-electron chi connectivity index (χ4n) is 1.62. The summed E-state index contributed by atoms with van der Waals surface area (Å²) < 4.78 is 37.6. The molecule has 5 nitrogen and oxygen atoms in total. The van der Waals surface area contributed by atoms with E-state index in [1.807, 2.05) is 0 Å². The summed E-state index contributed by atoms with van der Waals surface area (Å²) in [6.07, 6.45) is 0. The predicted molar refractivity (Wildman–Crippen MR) is 69.1 cm³/mol. The van der Waals surface area contributed by atoms with Crippen LogP contribution in [-0.2, 0) is 15.6 Å². The van der Waals surface area contributed by atoms with E-state index in [4.69, 9.17) is 22.3 Å². The maximum absolute atomic E-state index is 13.8. The molecule has 0 atom stereocenters. The van der Waals surface area contributed by atoms with Crippen LogP contribution in [0, 0.1) is 5.82 Å². The Hall–Kier alpha value is -1.18. The lowest BCUT2D eigenvalue weighted by atomic mass is 10.2. The molecule has 1 aromatic carbocycles.